The zero-order chi connectivity index (χ0) is 16.6. The largest absolute Gasteiger partial charge is 0.325 e. The average Bonchev–Trinajstić information content (AvgIpc) is 2.94. The fraction of sp³-hybridized carbons (Fsp3) is 0.812. The third kappa shape index (κ3) is 5.86. The van der Waals surface area contributed by atoms with Gasteiger partial charge in [0.05, 0.1) is 12.7 Å². The molecular weight excluding hydrogens is 299 g/mol. The van der Waals surface area contributed by atoms with E-state index in [2.05, 4.69) is 42.4 Å². The van der Waals surface area contributed by atoms with Crippen LogP contribution in [0, 0.1) is 0 Å². The summed E-state index contributed by atoms with van der Waals surface area (Å²) < 4.78 is 15.6. The summed E-state index contributed by atoms with van der Waals surface area (Å²) in [5, 5.41) is 0. The maximum absolute atomic E-state index is 11.2. The minimum Gasteiger partial charge on any atom is -0.324 e. The van der Waals surface area contributed by atoms with Crippen LogP contribution in [0.5, 0.6) is 0 Å². The first-order valence-electron chi connectivity index (χ1n) is 8.49. The molecule has 1 aromatic rings. The lowest BCUT2D eigenvalue weighted by atomic mass is 9.89. The van der Waals surface area contributed by atoms with Crippen LogP contribution < -0.4 is 4.57 Å². The molecule has 0 saturated heterocycles. The number of nitrogens with zero attached hydrogens (tertiary/aromatic N) is 2. The Morgan fingerprint density at radius 1 is 1.14 bits per heavy atom. The molecule has 0 atom stereocenters. The van der Waals surface area contributed by atoms with E-state index in [9.17, 15) is 14.4 Å². The molecule has 0 saturated carbocycles. The molecule has 0 radical (unpaired) electrons. The fourth-order valence-corrected chi connectivity index (χ4v) is 3.69. The van der Waals surface area contributed by atoms with Crippen LogP contribution in [0.1, 0.15) is 65.7 Å². The van der Waals surface area contributed by atoms with Crippen molar-refractivity contribution in [1.29, 1.82) is 0 Å². The summed E-state index contributed by atoms with van der Waals surface area (Å²) >= 11 is 0. The lowest BCUT2D eigenvalue weighted by Crippen LogP contribution is -2.36. The van der Waals surface area contributed by atoms with Gasteiger partial charge in [-0.25, -0.2) is 9.13 Å². The third-order valence-electron chi connectivity index (χ3n) is 4.69. The van der Waals surface area contributed by atoms with E-state index in [0.29, 0.717) is 6.42 Å². The van der Waals surface area contributed by atoms with Gasteiger partial charge in [-0.2, -0.15) is 0 Å². The van der Waals surface area contributed by atoms with Gasteiger partial charge < -0.3 is 9.79 Å². The Hall–Kier alpha value is -0.640. The molecule has 0 spiro atoms. The van der Waals surface area contributed by atoms with Gasteiger partial charge in [-0.1, -0.05) is 33.6 Å². The van der Waals surface area contributed by atoms with Crippen LogP contribution in [0.2, 0.25) is 0 Å². The van der Waals surface area contributed by atoms with Gasteiger partial charge in [0.2, 0.25) is 6.33 Å². The van der Waals surface area contributed by atoms with E-state index in [1.165, 1.54) is 25.7 Å². The fourth-order valence-electron chi connectivity index (χ4n) is 2.98. The summed E-state index contributed by atoms with van der Waals surface area (Å²) in [5.41, 5.74) is -0.199. The highest BCUT2D eigenvalue weighted by Crippen LogP contribution is 2.40. The van der Waals surface area contributed by atoms with E-state index in [1.807, 2.05) is 6.20 Å². The lowest BCUT2D eigenvalue weighted by Gasteiger charge is -2.28. The van der Waals surface area contributed by atoms with Crippen molar-refractivity contribution in [2.45, 2.75) is 77.8 Å². The van der Waals surface area contributed by atoms with Crippen molar-refractivity contribution in [2.24, 2.45) is 0 Å². The molecule has 128 valence electrons. The molecule has 0 aliphatic heterocycles. The standard InChI is InChI=1S/C16H31N2O3P/c1-4-7-8-9-11-17-12-13-18(15-17)16(5-2,6-3)10-14-22(19,20)21/h12-13,15H,4-11,14H2,1-3H3,(H-,19,20,21)/p+1. The zero-order valence-corrected chi connectivity index (χ0v) is 15.1. The smallest absolute Gasteiger partial charge is 0.324 e. The van der Waals surface area contributed by atoms with Crippen LogP contribution >= 0.6 is 7.60 Å². The third-order valence-corrected chi connectivity index (χ3v) is 5.50. The number of hydrogen-bond donors (Lipinski definition) is 2. The first kappa shape index (κ1) is 19.4. The predicted octanol–water partition coefficient (Wildman–Crippen LogP) is 3.44. The molecule has 0 aromatic carbocycles. The number of aryl methyl sites for hydroxylation is 1. The summed E-state index contributed by atoms with van der Waals surface area (Å²) in [6, 6.07) is 0. The Morgan fingerprint density at radius 3 is 2.36 bits per heavy atom. The molecule has 6 heteroatoms. The minimum atomic E-state index is -3.95. The molecule has 2 N–H and O–H groups in total. The first-order chi connectivity index (χ1) is 10.4. The highest BCUT2D eigenvalue weighted by Gasteiger charge is 2.35. The maximum Gasteiger partial charge on any atom is 0.325 e. The van der Waals surface area contributed by atoms with Gasteiger partial charge in [0.15, 0.2) is 0 Å². The molecule has 1 heterocycles. The molecule has 0 aliphatic rings. The Morgan fingerprint density at radius 2 is 1.82 bits per heavy atom. The summed E-state index contributed by atoms with van der Waals surface area (Å²) in [7, 11) is -3.95. The van der Waals surface area contributed by atoms with Gasteiger partial charge >= 0.3 is 7.60 Å². The molecule has 5 nitrogen and oxygen atoms in total. The Bertz CT molecular complexity index is 477. The van der Waals surface area contributed by atoms with Crippen molar-refractivity contribution in [2.75, 3.05) is 6.16 Å². The Balaban J connectivity index is 2.75. The van der Waals surface area contributed by atoms with Crippen LogP contribution in [0.15, 0.2) is 18.7 Å². The Kier molecular flexibility index (Phi) is 7.81. The van der Waals surface area contributed by atoms with Crippen molar-refractivity contribution in [3.63, 3.8) is 0 Å². The molecule has 1 aromatic heterocycles. The molecule has 0 fully saturated rings. The van der Waals surface area contributed by atoms with Gasteiger partial charge in [-0.05, 0) is 25.7 Å². The minimum absolute atomic E-state index is 0.0522. The second kappa shape index (κ2) is 8.85. The lowest BCUT2D eigenvalue weighted by molar-refractivity contribution is -0.697. The topological polar surface area (TPSA) is 66.3 Å². The molecule has 0 amide bonds. The van der Waals surface area contributed by atoms with Gasteiger partial charge in [0.25, 0.3) is 0 Å². The number of unbranched alkanes of at least 4 members (excludes halogenated alkanes) is 3. The maximum atomic E-state index is 11.2. The zero-order valence-electron chi connectivity index (χ0n) is 14.2. The SMILES string of the molecule is CCCCCC[n+]1ccn(C(CC)(CC)CCP(=O)(O)O)c1. The van der Waals surface area contributed by atoms with Crippen LogP contribution in [0.3, 0.4) is 0 Å². The average molecular weight is 331 g/mol. The van der Waals surface area contributed by atoms with Crippen molar-refractivity contribution in [1.82, 2.24) is 4.57 Å². The van der Waals surface area contributed by atoms with E-state index in [-0.39, 0.29) is 11.7 Å². The molecular formula is C16H32N2O3P+. The molecule has 0 bridgehead atoms. The van der Waals surface area contributed by atoms with E-state index in [0.717, 1.165) is 19.4 Å². The van der Waals surface area contributed by atoms with Crippen molar-refractivity contribution < 1.29 is 18.9 Å². The number of imidazole rings is 1. The molecule has 1 rings (SSSR count). The van der Waals surface area contributed by atoms with Gasteiger partial charge in [0, 0.05) is 6.42 Å². The number of aromatic nitrogens is 2. The number of rotatable bonds is 11. The van der Waals surface area contributed by atoms with Crippen molar-refractivity contribution in [3.8, 4) is 0 Å². The summed E-state index contributed by atoms with van der Waals surface area (Å²) in [6.07, 6.45) is 13.4. The van der Waals surface area contributed by atoms with E-state index in [1.54, 1.807) is 0 Å². The summed E-state index contributed by atoms with van der Waals surface area (Å²) in [6.45, 7) is 7.40. The monoisotopic (exact) mass is 331 g/mol. The second-order valence-electron chi connectivity index (χ2n) is 6.19. The molecule has 0 unspecified atom stereocenters. The van der Waals surface area contributed by atoms with Crippen LogP contribution in [0.4, 0.5) is 0 Å². The highest BCUT2D eigenvalue weighted by molar-refractivity contribution is 7.51. The Labute approximate surface area is 134 Å². The predicted molar refractivity (Wildman–Crippen MR) is 88.9 cm³/mol. The van der Waals surface area contributed by atoms with Crippen molar-refractivity contribution >= 4 is 7.60 Å². The highest BCUT2D eigenvalue weighted by atomic mass is 31.2. The van der Waals surface area contributed by atoms with Gasteiger partial charge in [0.1, 0.15) is 17.9 Å². The van der Waals surface area contributed by atoms with Gasteiger partial charge in [-0.15, -0.1) is 0 Å². The normalized spacial score (nSPS) is 12.8. The van der Waals surface area contributed by atoms with Crippen LogP contribution in [-0.4, -0.2) is 20.5 Å². The van der Waals surface area contributed by atoms with Crippen molar-refractivity contribution in [3.05, 3.63) is 18.7 Å². The molecule has 22 heavy (non-hydrogen) atoms. The van der Waals surface area contributed by atoms with E-state index in [4.69, 9.17) is 0 Å². The van der Waals surface area contributed by atoms with Crippen LogP contribution in [-0.2, 0) is 16.6 Å². The summed E-state index contributed by atoms with van der Waals surface area (Å²) in [5.74, 6) is 0. The number of hydrogen-bond acceptors (Lipinski definition) is 1. The van der Waals surface area contributed by atoms with Crippen LogP contribution in [0.25, 0.3) is 0 Å². The second-order valence-corrected chi connectivity index (χ2v) is 7.97. The summed E-state index contributed by atoms with van der Waals surface area (Å²) in [4.78, 5) is 18.4. The van der Waals surface area contributed by atoms with Gasteiger partial charge in [-0.3, -0.25) is 4.57 Å². The van der Waals surface area contributed by atoms with E-state index >= 15 is 0 Å². The van der Waals surface area contributed by atoms with E-state index < -0.39 is 7.60 Å². The molecule has 0 aliphatic carbocycles. The quantitative estimate of drug-likeness (QED) is 0.371. The first-order valence-corrected chi connectivity index (χ1v) is 10.3.